The summed E-state index contributed by atoms with van der Waals surface area (Å²) in [6.07, 6.45) is -1.11. The molecule has 0 aliphatic carbocycles. The molecule has 0 bridgehead atoms. The van der Waals surface area contributed by atoms with Crippen LogP contribution in [0.5, 0.6) is 0 Å². The molecule has 1 aromatic heterocycles. The average molecular weight is 299 g/mol. The van der Waals surface area contributed by atoms with Crippen LogP contribution in [-0.4, -0.2) is 24.0 Å². The largest absolute Gasteiger partial charge is 0.433 e. The highest BCUT2D eigenvalue weighted by molar-refractivity contribution is 5.80. The second kappa shape index (κ2) is 4.98. The lowest BCUT2D eigenvalue weighted by molar-refractivity contribution is -0.141. The summed E-state index contributed by atoms with van der Waals surface area (Å²) in [5, 5.41) is 6.15. The van der Waals surface area contributed by atoms with E-state index in [1.54, 1.807) is 0 Å². The Morgan fingerprint density at radius 2 is 1.95 bits per heavy atom. The monoisotopic (exact) mass is 299 g/mol. The molecule has 2 aliphatic heterocycles. The van der Waals surface area contributed by atoms with Gasteiger partial charge in [-0.3, -0.25) is 9.78 Å². The number of aromatic nitrogens is 1. The van der Waals surface area contributed by atoms with E-state index >= 15 is 0 Å². The van der Waals surface area contributed by atoms with E-state index < -0.39 is 11.9 Å². The van der Waals surface area contributed by atoms with Crippen LogP contribution in [0.1, 0.15) is 36.6 Å². The van der Waals surface area contributed by atoms with Crippen molar-refractivity contribution >= 4 is 5.91 Å². The third-order valence-corrected chi connectivity index (χ3v) is 4.44. The third kappa shape index (κ3) is 2.62. The number of piperidine rings is 1. The Kier molecular flexibility index (Phi) is 3.39. The Morgan fingerprint density at radius 3 is 2.52 bits per heavy atom. The standard InChI is InChI=1S/C14H16F3N3O/c15-14(16,17)10-2-1-9(8-19-10)12-13(7-11(21)20-12)3-5-18-6-4-13/h1-2,8,12,18H,3-7H2,(H,20,21). The first-order valence-electron chi connectivity index (χ1n) is 6.94. The molecule has 4 nitrogen and oxygen atoms in total. The van der Waals surface area contributed by atoms with E-state index in [9.17, 15) is 18.0 Å². The van der Waals surface area contributed by atoms with Gasteiger partial charge in [0.1, 0.15) is 5.69 Å². The molecule has 7 heteroatoms. The smallest absolute Gasteiger partial charge is 0.349 e. The van der Waals surface area contributed by atoms with Crippen LogP contribution in [0.3, 0.4) is 0 Å². The number of pyridine rings is 1. The van der Waals surface area contributed by atoms with Crippen LogP contribution < -0.4 is 10.6 Å². The number of rotatable bonds is 1. The van der Waals surface area contributed by atoms with Crippen LogP contribution >= 0.6 is 0 Å². The van der Waals surface area contributed by atoms with Gasteiger partial charge in [0.25, 0.3) is 0 Å². The highest BCUT2D eigenvalue weighted by Gasteiger charge is 2.48. The van der Waals surface area contributed by atoms with Crippen LogP contribution in [-0.2, 0) is 11.0 Å². The first kappa shape index (κ1) is 14.3. The van der Waals surface area contributed by atoms with Gasteiger partial charge in [-0.2, -0.15) is 13.2 Å². The summed E-state index contributed by atoms with van der Waals surface area (Å²) in [7, 11) is 0. The normalized spacial score (nSPS) is 25.1. The zero-order valence-electron chi connectivity index (χ0n) is 11.3. The number of alkyl halides is 3. The van der Waals surface area contributed by atoms with Gasteiger partial charge in [-0.25, -0.2) is 0 Å². The number of amides is 1. The van der Waals surface area contributed by atoms with Crippen molar-refractivity contribution in [3.8, 4) is 0 Å². The zero-order valence-corrected chi connectivity index (χ0v) is 11.3. The Morgan fingerprint density at radius 1 is 1.24 bits per heavy atom. The highest BCUT2D eigenvalue weighted by Crippen LogP contribution is 2.48. The lowest BCUT2D eigenvalue weighted by Crippen LogP contribution is -2.40. The lowest BCUT2D eigenvalue weighted by Gasteiger charge is -2.38. The Hall–Kier alpha value is -1.63. The van der Waals surface area contributed by atoms with Gasteiger partial charge in [0.15, 0.2) is 0 Å². The van der Waals surface area contributed by atoms with E-state index in [4.69, 9.17) is 0 Å². The van der Waals surface area contributed by atoms with Crippen molar-refractivity contribution in [3.05, 3.63) is 29.6 Å². The molecule has 2 saturated heterocycles. The molecule has 114 valence electrons. The van der Waals surface area contributed by atoms with Crippen LogP contribution in [0.15, 0.2) is 18.3 Å². The van der Waals surface area contributed by atoms with Crippen molar-refractivity contribution in [2.45, 2.75) is 31.5 Å². The maximum absolute atomic E-state index is 12.6. The molecule has 0 aromatic carbocycles. The Labute approximate surface area is 120 Å². The minimum Gasteiger partial charge on any atom is -0.349 e. The predicted octanol–water partition coefficient (Wildman–Crippen LogP) is 2.03. The quantitative estimate of drug-likeness (QED) is 0.834. The second-order valence-electron chi connectivity index (χ2n) is 5.76. The molecular weight excluding hydrogens is 283 g/mol. The van der Waals surface area contributed by atoms with Crippen LogP contribution in [0.25, 0.3) is 0 Å². The van der Waals surface area contributed by atoms with E-state index in [1.807, 2.05) is 0 Å². The van der Waals surface area contributed by atoms with Crippen LogP contribution in [0.4, 0.5) is 13.2 Å². The van der Waals surface area contributed by atoms with Crippen molar-refractivity contribution in [2.24, 2.45) is 5.41 Å². The van der Waals surface area contributed by atoms with Crippen LogP contribution in [0, 0.1) is 5.41 Å². The van der Waals surface area contributed by atoms with Gasteiger partial charge in [0.2, 0.25) is 5.91 Å². The molecule has 2 fully saturated rings. The zero-order chi connectivity index (χ0) is 15.1. The maximum Gasteiger partial charge on any atom is 0.433 e. The number of carbonyl (C=O) groups excluding carboxylic acids is 1. The molecule has 1 atom stereocenters. The molecule has 3 heterocycles. The van der Waals surface area contributed by atoms with Crippen LogP contribution in [0.2, 0.25) is 0 Å². The van der Waals surface area contributed by atoms with E-state index in [0.717, 1.165) is 32.0 Å². The number of nitrogens with zero attached hydrogens (tertiary/aromatic N) is 1. The highest BCUT2D eigenvalue weighted by atomic mass is 19.4. The topological polar surface area (TPSA) is 54.0 Å². The molecular formula is C14H16F3N3O. The summed E-state index contributed by atoms with van der Waals surface area (Å²) in [6, 6.07) is 2.16. The number of hydrogen-bond acceptors (Lipinski definition) is 3. The van der Waals surface area contributed by atoms with Gasteiger partial charge in [0.05, 0.1) is 6.04 Å². The van der Waals surface area contributed by atoms with Gasteiger partial charge in [-0.05, 0) is 37.6 Å². The lowest BCUT2D eigenvalue weighted by atomic mass is 9.71. The minimum absolute atomic E-state index is 0.0400. The molecule has 1 aromatic rings. The first-order chi connectivity index (χ1) is 9.91. The van der Waals surface area contributed by atoms with Gasteiger partial charge >= 0.3 is 6.18 Å². The Bertz CT molecular complexity index is 535. The van der Waals surface area contributed by atoms with E-state index in [1.165, 1.54) is 12.3 Å². The van der Waals surface area contributed by atoms with Crippen molar-refractivity contribution in [1.82, 2.24) is 15.6 Å². The summed E-state index contributed by atoms with van der Waals surface area (Å²) in [4.78, 5) is 15.3. The summed E-state index contributed by atoms with van der Waals surface area (Å²) in [6.45, 7) is 1.64. The third-order valence-electron chi connectivity index (χ3n) is 4.44. The van der Waals surface area contributed by atoms with Crippen molar-refractivity contribution in [3.63, 3.8) is 0 Å². The predicted molar refractivity (Wildman–Crippen MR) is 69.3 cm³/mol. The second-order valence-corrected chi connectivity index (χ2v) is 5.76. The Balaban J connectivity index is 1.89. The summed E-state index contributed by atoms with van der Waals surface area (Å²) in [5.74, 6) is -0.0400. The first-order valence-corrected chi connectivity index (χ1v) is 6.94. The van der Waals surface area contributed by atoms with Crippen molar-refractivity contribution < 1.29 is 18.0 Å². The van der Waals surface area contributed by atoms with E-state index in [2.05, 4.69) is 15.6 Å². The van der Waals surface area contributed by atoms with Gasteiger partial charge in [-0.15, -0.1) is 0 Å². The van der Waals surface area contributed by atoms with Crippen molar-refractivity contribution in [2.75, 3.05) is 13.1 Å². The van der Waals surface area contributed by atoms with Gasteiger partial charge < -0.3 is 10.6 Å². The molecule has 0 saturated carbocycles. The maximum atomic E-state index is 12.6. The SMILES string of the molecule is O=C1CC2(CCNCC2)C(c2ccc(C(F)(F)F)nc2)N1. The van der Waals surface area contributed by atoms with Gasteiger partial charge in [-0.1, -0.05) is 6.07 Å². The summed E-state index contributed by atoms with van der Waals surface area (Å²) < 4.78 is 37.7. The molecule has 2 N–H and O–H groups in total. The number of carbonyl (C=O) groups is 1. The molecule has 3 rings (SSSR count). The summed E-state index contributed by atoms with van der Waals surface area (Å²) >= 11 is 0. The fraction of sp³-hybridized carbons (Fsp3) is 0.571. The van der Waals surface area contributed by atoms with Crippen molar-refractivity contribution in [1.29, 1.82) is 0 Å². The molecule has 21 heavy (non-hydrogen) atoms. The number of nitrogens with one attached hydrogen (secondary N) is 2. The number of hydrogen-bond donors (Lipinski definition) is 2. The number of halogens is 3. The average Bonchev–Trinajstić information content (AvgIpc) is 2.75. The molecule has 1 spiro atoms. The molecule has 1 unspecified atom stereocenters. The fourth-order valence-corrected chi connectivity index (χ4v) is 3.36. The summed E-state index contributed by atoms with van der Waals surface area (Å²) in [5.41, 5.74) is -0.463. The molecule has 1 amide bonds. The molecule has 2 aliphatic rings. The fourth-order valence-electron chi connectivity index (χ4n) is 3.36. The molecule has 0 radical (unpaired) electrons. The van der Waals surface area contributed by atoms with E-state index in [-0.39, 0.29) is 17.4 Å². The van der Waals surface area contributed by atoms with Gasteiger partial charge in [0, 0.05) is 18.0 Å². The minimum atomic E-state index is -4.44. The van der Waals surface area contributed by atoms with E-state index in [0.29, 0.717) is 12.0 Å².